The lowest BCUT2D eigenvalue weighted by molar-refractivity contribution is -0.384. The van der Waals surface area contributed by atoms with Gasteiger partial charge in [0, 0.05) is 24.1 Å². The number of hydrogen-bond acceptors (Lipinski definition) is 5. The Hall–Kier alpha value is -2.68. The second kappa shape index (κ2) is 9.28. The highest BCUT2D eigenvalue weighted by Gasteiger charge is 2.37. The first-order valence-electron chi connectivity index (χ1n) is 10.6. The Bertz CT molecular complexity index is 1200. The molecule has 0 unspecified atom stereocenters. The number of nitro benzene ring substituents is 1. The van der Waals surface area contributed by atoms with Crippen LogP contribution in [0.4, 0.5) is 5.69 Å². The Morgan fingerprint density at radius 1 is 1.15 bits per heavy atom. The Kier molecular flexibility index (Phi) is 7.02. The monoisotopic (exact) mass is 488 g/mol. The first-order chi connectivity index (χ1) is 15.4. The summed E-state index contributed by atoms with van der Waals surface area (Å²) < 4.78 is 13.2. The van der Waals surface area contributed by atoms with Crippen LogP contribution in [0.25, 0.3) is 10.9 Å². The number of rotatable bonds is 7. The first kappa shape index (κ1) is 24.9. The van der Waals surface area contributed by atoms with Crippen LogP contribution in [0.1, 0.15) is 42.4 Å². The highest BCUT2D eigenvalue weighted by Crippen LogP contribution is 2.39. The van der Waals surface area contributed by atoms with Crippen LogP contribution in [0, 0.1) is 10.1 Å². The molecule has 3 rings (SSSR count). The molecule has 176 valence electrons. The number of carbonyl (C=O) groups is 1. The van der Waals surface area contributed by atoms with Crippen molar-refractivity contribution in [1.29, 1.82) is 0 Å². The van der Waals surface area contributed by atoms with Gasteiger partial charge >= 0.3 is 5.97 Å². The third-order valence-corrected chi connectivity index (χ3v) is 11.3. The van der Waals surface area contributed by atoms with E-state index < -0.39 is 19.2 Å². The van der Waals surface area contributed by atoms with Crippen molar-refractivity contribution in [2.45, 2.75) is 52.1 Å². The van der Waals surface area contributed by atoms with Crippen LogP contribution in [0.3, 0.4) is 0 Å². The molecule has 1 aromatic heterocycles. The average molecular weight is 489 g/mol. The number of carbonyl (C=O) groups excluding carboxylic acids is 1. The molecule has 0 aliphatic rings. The first-order valence-corrected chi connectivity index (χ1v) is 13.9. The van der Waals surface area contributed by atoms with E-state index in [1.54, 1.807) is 18.2 Å². The molecule has 0 saturated heterocycles. The van der Waals surface area contributed by atoms with Crippen molar-refractivity contribution in [2.75, 3.05) is 7.11 Å². The fourth-order valence-corrected chi connectivity index (χ4v) is 4.54. The number of methoxy groups -OCH3 is 1. The molecular weight excluding hydrogens is 460 g/mol. The van der Waals surface area contributed by atoms with Gasteiger partial charge < -0.3 is 13.7 Å². The van der Waals surface area contributed by atoms with Gasteiger partial charge in [0.05, 0.1) is 40.4 Å². The van der Waals surface area contributed by atoms with Crippen LogP contribution < -0.4 is 0 Å². The van der Waals surface area contributed by atoms with Gasteiger partial charge in [0.15, 0.2) is 8.32 Å². The highest BCUT2D eigenvalue weighted by atomic mass is 35.5. The van der Waals surface area contributed by atoms with Gasteiger partial charge in [-0.1, -0.05) is 44.5 Å². The third kappa shape index (κ3) is 5.13. The third-order valence-electron chi connectivity index (χ3n) is 6.39. The van der Waals surface area contributed by atoms with Gasteiger partial charge in [-0.3, -0.25) is 10.1 Å². The summed E-state index contributed by atoms with van der Waals surface area (Å²) in [6.07, 6.45) is 0. The molecule has 0 bridgehead atoms. The minimum atomic E-state index is -2.06. The molecule has 9 heteroatoms. The van der Waals surface area contributed by atoms with Crippen molar-refractivity contribution in [1.82, 2.24) is 4.57 Å². The van der Waals surface area contributed by atoms with Crippen LogP contribution in [-0.2, 0) is 22.3 Å². The predicted octanol–water partition coefficient (Wildman–Crippen LogP) is 6.56. The van der Waals surface area contributed by atoms with Crippen LogP contribution in [0.2, 0.25) is 23.2 Å². The fraction of sp³-hybridized carbons (Fsp3) is 0.375. The Labute approximate surface area is 199 Å². The zero-order chi connectivity index (χ0) is 24.6. The van der Waals surface area contributed by atoms with Gasteiger partial charge in [-0.05, 0) is 41.9 Å². The maximum Gasteiger partial charge on any atom is 0.337 e. The quantitative estimate of drug-likeness (QED) is 0.163. The Morgan fingerprint density at radius 3 is 2.33 bits per heavy atom. The van der Waals surface area contributed by atoms with Crippen molar-refractivity contribution >= 4 is 42.5 Å². The summed E-state index contributed by atoms with van der Waals surface area (Å²) >= 11 is 6.76. The Morgan fingerprint density at radius 2 is 1.79 bits per heavy atom. The maximum atomic E-state index is 11.7. The molecule has 0 atom stereocenters. The lowest BCUT2D eigenvalue weighted by Gasteiger charge is -2.36. The van der Waals surface area contributed by atoms with Crippen LogP contribution in [-0.4, -0.2) is 30.9 Å². The molecule has 3 aromatic rings. The van der Waals surface area contributed by atoms with E-state index in [0.29, 0.717) is 29.1 Å². The number of non-ortho nitro benzene ring substituents is 1. The second-order valence-corrected chi connectivity index (χ2v) is 14.7. The number of ether oxygens (including phenoxy) is 1. The standard InChI is InChI=1S/C24H29ClN2O5Si/c1-24(2,3)33(5,6)32-15-21-22(25)19-13-18(27(29)30)11-12-20(19)26(21)14-16-7-9-17(10-8-16)23(28)31-4/h7-13H,14-15H2,1-6H3. The molecule has 0 aliphatic carbocycles. The number of fused-ring (bicyclic) bond motifs is 1. The molecular formula is C24H29ClN2O5Si. The molecule has 0 fully saturated rings. The molecule has 0 saturated carbocycles. The van der Waals surface area contributed by atoms with Crippen molar-refractivity contribution in [3.05, 3.63) is 74.4 Å². The molecule has 0 spiro atoms. The summed E-state index contributed by atoms with van der Waals surface area (Å²) in [5, 5.41) is 12.4. The van der Waals surface area contributed by atoms with Crippen LogP contribution >= 0.6 is 11.6 Å². The van der Waals surface area contributed by atoms with Gasteiger partial charge in [-0.15, -0.1) is 0 Å². The number of esters is 1. The van der Waals surface area contributed by atoms with Gasteiger partial charge in [-0.2, -0.15) is 0 Å². The van der Waals surface area contributed by atoms with Crippen molar-refractivity contribution < 1.29 is 18.9 Å². The van der Waals surface area contributed by atoms with Gasteiger partial charge in [-0.25, -0.2) is 4.79 Å². The minimum Gasteiger partial charge on any atom is -0.465 e. The van der Waals surface area contributed by atoms with E-state index in [2.05, 4.69) is 33.9 Å². The lowest BCUT2D eigenvalue weighted by Crippen LogP contribution is -2.40. The van der Waals surface area contributed by atoms with Crippen molar-refractivity contribution in [3.63, 3.8) is 0 Å². The molecule has 1 heterocycles. The lowest BCUT2D eigenvalue weighted by atomic mass is 10.1. The normalized spacial score (nSPS) is 12.2. The van der Waals surface area contributed by atoms with Gasteiger partial charge in [0.25, 0.3) is 5.69 Å². The molecule has 0 amide bonds. The van der Waals surface area contributed by atoms with Gasteiger partial charge in [0.1, 0.15) is 0 Å². The number of aromatic nitrogens is 1. The summed E-state index contributed by atoms with van der Waals surface area (Å²) in [5.74, 6) is -0.397. The fourth-order valence-electron chi connectivity index (χ4n) is 3.30. The molecule has 0 N–H and O–H groups in total. The van der Waals surface area contributed by atoms with E-state index in [9.17, 15) is 14.9 Å². The summed E-state index contributed by atoms with van der Waals surface area (Å²) in [6.45, 7) is 11.6. The smallest absolute Gasteiger partial charge is 0.337 e. The van der Waals surface area contributed by atoms with Gasteiger partial charge in [0.2, 0.25) is 0 Å². The largest absolute Gasteiger partial charge is 0.465 e. The zero-order valence-corrected chi connectivity index (χ0v) is 21.5. The number of nitro groups is 1. The highest BCUT2D eigenvalue weighted by molar-refractivity contribution is 6.74. The topological polar surface area (TPSA) is 83.6 Å². The predicted molar refractivity (Wildman–Crippen MR) is 132 cm³/mol. The van der Waals surface area contributed by atoms with E-state index >= 15 is 0 Å². The molecule has 7 nitrogen and oxygen atoms in total. The SMILES string of the molecule is COC(=O)c1ccc(Cn2c(CO[Si](C)(C)C(C)(C)C)c(Cl)c3cc([N+](=O)[O-])ccc32)cc1. The van der Waals surface area contributed by atoms with Crippen molar-refractivity contribution in [3.8, 4) is 0 Å². The number of hydrogen-bond donors (Lipinski definition) is 0. The number of halogens is 1. The zero-order valence-electron chi connectivity index (χ0n) is 19.8. The van der Waals surface area contributed by atoms with E-state index in [1.165, 1.54) is 19.2 Å². The molecule has 33 heavy (non-hydrogen) atoms. The summed E-state index contributed by atoms with van der Waals surface area (Å²) in [5.41, 5.74) is 2.96. The summed E-state index contributed by atoms with van der Waals surface area (Å²) in [7, 11) is -0.714. The Balaban J connectivity index is 2.06. The second-order valence-electron chi connectivity index (χ2n) is 9.54. The van der Waals surface area contributed by atoms with E-state index in [-0.39, 0.29) is 10.7 Å². The minimum absolute atomic E-state index is 0.0131. The van der Waals surface area contributed by atoms with E-state index in [4.69, 9.17) is 20.8 Å². The van der Waals surface area contributed by atoms with Crippen LogP contribution in [0.5, 0.6) is 0 Å². The average Bonchev–Trinajstić information content (AvgIpc) is 3.02. The number of benzene rings is 2. The van der Waals surface area contributed by atoms with Crippen LogP contribution in [0.15, 0.2) is 42.5 Å². The van der Waals surface area contributed by atoms with Crippen molar-refractivity contribution in [2.24, 2.45) is 0 Å². The maximum absolute atomic E-state index is 11.7. The molecule has 0 aliphatic heterocycles. The number of nitrogens with zero attached hydrogens (tertiary/aromatic N) is 2. The molecule has 0 radical (unpaired) electrons. The molecule has 2 aromatic carbocycles. The van der Waals surface area contributed by atoms with E-state index in [1.807, 2.05) is 16.7 Å². The van der Waals surface area contributed by atoms with E-state index in [0.717, 1.165) is 16.8 Å². The summed E-state index contributed by atoms with van der Waals surface area (Å²) in [4.78, 5) is 22.6. The summed E-state index contributed by atoms with van der Waals surface area (Å²) in [6, 6.07) is 11.8.